The summed E-state index contributed by atoms with van der Waals surface area (Å²) in [4.78, 5) is 34.2. The zero-order chi connectivity index (χ0) is 20.5. The zero-order valence-corrected chi connectivity index (χ0v) is 17.6. The molecule has 2 amide bonds. The Morgan fingerprint density at radius 2 is 1.70 bits per heavy atom. The van der Waals surface area contributed by atoms with E-state index < -0.39 is 0 Å². The highest BCUT2D eigenvalue weighted by atomic mass is 32.2. The molecule has 2 aliphatic heterocycles. The van der Waals surface area contributed by atoms with Gasteiger partial charge in [0.15, 0.2) is 5.16 Å². The second kappa shape index (κ2) is 8.14. The summed E-state index contributed by atoms with van der Waals surface area (Å²) in [6.07, 6.45) is 3.06. The van der Waals surface area contributed by atoms with Crippen molar-refractivity contribution >= 4 is 40.3 Å². The van der Waals surface area contributed by atoms with Crippen molar-refractivity contribution in [2.45, 2.75) is 31.0 Å². The van der Waals surface area contributed by atoms with Crippen LogP contribution in [0.4, 0.5) is 5.69 Å². The molecule has 3 heterocycles. The lowest BCUT2D eigenvalue weighted by molar-refractivity contribution is -0.127. The molecule has 0 aliphatic carbocycles. The van der Waals surface area contributed by atoms with Crippen LogP contribution >= 0.6 is 11.8 Å². The van der Waals surface area contributed by atoms with E-state index >= 15 is 0 Å². The third-order valence-corrected chi connectivity index (χ3v) is 6.85. The quantitative estimate of drug-likeness (QED) is 0.594. The molecule has 6 nitrogen and oxygen atoms in total. The van der Waals surface area contributed by atoms with Crippen LogP contribution in [0.1, 0.15) is 18.4 Å². The number of hydrogen-bond acceptors (Lipinski definition) is 4. The van der Waals surface area contributed by atoms with Crippen LogP contribution in [0.2, 0.25) is 0 Å². The molecule has 30 heavy (non-hydrogen) atoms. The molecule has 154 valence electrons. The molecule has 1 aromatic heterocycles. The summed E-state index contributed by atoms with van der Waals surface area (Å²) in [5.41, 5.74) is 4.00. The Kier molecular flexibility index (Phi) is 5.21. The smallest absolute Gasteiger partial charge is 0.247 e. The van der Waals surface area contributed by atoms with Gasteiger partial charge in [-0.05, 0) is 43.0 Å². The van der Waals surface area contributed by atoms with Crippen LogP contribution in [0.15, 0.2) is 53.7 Å². The zero-order valence-electron chi connectivity index (χ0n) is 16.8. The fraction of sp³-hybridized carbons (Fsp3) is 0.348. The number of anilines is 1. The van der Waals surface area contributed by atoms with E-state index in [0.29, 0.717) is 12.3 Å². The van der Waals surface area contributed by atoms with Crippen molar-refractivity contribution in [2.75, 3.05) is 30.3 Å². The first-order valence-electron chi connectivity index (χ1n) is 10.4. The van der Waals surface area contributed by atoms with E-state index in [1.807, 2.05) is 56.8 Å². The Balaban J connectivity index is 1.38. The number of thioether (sulfide) groups is 1. The molecule has 3 aromatic rings. The molecule has 0 unspecified atom stereocenters. The second-order valence-corrected chi connectivity index (χ2v) is 8.71. The molecule has 0 N–H and O–H groups in total. The van der Waals surface area contributed by atoms with Crippen molar-refractivity contribution in [1.82, 2.24) is 14.5 Å². The number of amides is 2. The molecule has 0 saturated carbocycles. The van der Waals surface area contributed by atoms with E-state index in [0.717, 1.165) is 54.2 Å². The number of rotatable bonds is 5. The fourth-order valence-electron chi connectivity index (χ4n) is 4.32. The van der Waals surface area contributed by atoms with Crippen molar-refractivity contribution in [3.63, 3.8) is 0 Å². The Morgan fingerprint density at radius 3 is 2.57 bits per heavy atom. The van der Waals surface area contributed by atoms with E-state index in [1.54, 1.807) is 0 Å². The first kappa shape index (κ1) is 19.2. The molecule has 0 atom stereocenters. The van der Waals surface area contributed by atoms with E-state index in [9.17, 15) is 9.59 Å². The number of benzene rings is 2. The van der Waals surface area contributed by atoms with Gasteiger partial charge < -0.3 is 14.4 Å². The first-order chi connectivity index (χ1) is 14.7. The van der Waals surface area contributed by atoms with Gasteiger partial charge in [0.2, 0.25) is 11.8 Å². The van der Waals surface area contributed by atoms with Gasteiger partial charge in [0, 0.05) is 25.3 Å². The molecular formula is C23H24N4O2S. The lowest BCUT2D eigenvalue weighted by atomic mass is 10.2. The molecule has 5 rings (SSSR count). The summed E-state index contributed by atoms with van der Waals surface area (Å²) in [6.45, 7) is 2.63. The van der Waals surface area contributed by atoms with Gasteiger partial charge in [0.05, 0.1) is 16.8 Å². The van der Waals surface area contributed by atoms with Crippen molar-refractivity contribution < 1.29 is 9.59 Å². The predicted octanol–water partition coefficient (Wildman–Crippen LogP) is 3.34. The van der Waals surface area contributed by atoms with Crippen LogP contribution in [0.5, 0.6) is 0 Å². The third-order valence-electron chi connectivity index (χ3n) is 5.88. The van der Waals surface area contributed by atoms with Crippen LogP contribution in [0, 0.1) is 0 Å². The van der Waals surface area contributed by atoms with Crippen LogP contribution in [0.25, 0.3) is 11.0 Å². The van der Waals surface area contributed by atoms with E-state index in [4.69, 9.17) is 4.98 Å². The lowest BCUT2D eigenvalue weighted by Crippen LogP contribution is -2.32. The van der Waals surface area contributed by atoms with Crippen LogP contribution < -0.4 is 4.90 Å². The van der Waals surface area contributed by atoms with Gasteiger partial charge in [0.1, 0.15) is 6.54 Å². The minimum atomic E-state index is 0.0517. The second-order valence-electron chi connectivity index (χ2n) is 7.77. The standard InChI is InChI=1S/C23H24N4O2S/c28-21(26-14-11-17-7-1-3-9-19(17)26)15-27-20-10-4-2-8-18(20)24-23(27)30-16-22(29)25-12-5-6-13-25/h1-4,7-10H,5-6,11-16H2. The molecule has 1 fully saturated rings. The maximum absolute atomic E-state index is 13.2. The highest BCUT2D eigenvalue weighted by molar-refractivity contribution is 7.99. The number of carbonyl (C=O) groups is 2. The Bertz CT molecular complexity index is 1100. The van der Waals surface area contributed by atoms with Gasteiger partial charge in [0.25, 0.3) is 0 Å². The van der Waals surface area contributed by atoms with E-state index in [2.05, 4.69) is 6.07 Å². The molecule has 0 spiro atoms. The summed E-state index contributed by atoms with van der Waals surface area (Å²) in [5.74, 6) is 0.552. The molecule has 2 aliphatic rings. The summed E-state index contributed by atoms with van der Waals surface area (Å²) in [7, 11) is 0. The Labute approximate surface area is 179 Å². The summed E-state index contributed by atoms with van der Waals surface area (Å²) in [5, 5.41) is 0.726. The maximum atomic E-state index is 13.2. The van der Waals surface area contributed by atoms with Gasteiger partial charge in [-0.3, -0.25) is 9.59 Å². The average molecular weight is 421 g/mol. The van der Waals surface area contributed by atoms with E-state index in [-0.39, 0.29) is 18.4 Å². The summed E-state index contributed by atoms with van der Waals surface area (Å²) >= 11 is 1.43. The maximum Gasteiger partial charge on any atom is 0.247 e. The Hall–Kier alpha value is -2.80. The van der Waals surface area contributed by atoms with Gasteiger partial charge in [-0.25, -0.2) is 4.98 Å². The monoisotopic (exact) mass is 420 g/mol. The van der Waals surface area contributed by atoms with Crippen molar-refractivity contribution in [3.8, 4) is 0 Å². The minimum absolute atomic E-state index is 0.0517. The topological polar surface area (TPSA) is 58.4 Å². The SMILES string of the molecule is O=C(CSc1nc2ccccc2n1CC(=O)N1CCc2ccccc21)N1CCCC1. The normalized spacial score (nSPS) is 15.7. The highest BCUT2D eigenvalue weighted by Crippen LogP contribution is 2.29. The van der Waals surface area contributed by atoms with Crippen LogP contribution in [-0.4, -0.2) is 51.7 Å². The largest absolute Gasteiger partial charge is 0.342 e. The molecule has 0 radical (unpaired) electrons. The van der Waals surface area contributed by atoms with E-state index in [1.165, 1.54) is 17.3 Å². The van der Waals surface area contributed by atoms with Crippen molar-refractivity contribution in [1.29, 1.82) is 0 Å². The average Bonchev–Trinajstić information content (AvgIpc) is 3.51. The van der Waals surface area contributed by atoms with Crippen molar-refractivity contribution in [2.24, 2.45) is 0 Å². The highest BCUT2D eigenvalue weighted by Gasteiger charge is 2.26. The van der Waals surface area contributed by atoms with Gasteiger partial charge in [-0.1, -0.05) is 42.1 Å². The van der Waals surface area contributed by atoms with Crippen molar-refractivity contribution in [3.05, 3.63) is 54.1 Å². The number of aromatic nitrogens is 2. The predicted molar refractivity (Wildman–Crippen MR) is 119 cm³/mol. The first-order valence-corrected chi connectivity index (χ1v) is 11.4. The van der Waals surface area contributed by atoms with Gasteiger partial charge >= 0.3 is 0 Å². The number of carbonyl (C=O) groups excluding carboxylic acids is 2. The lowest BCUT2D eigenvalue weighted by Gasteiger charge is -2.19. The Morgan fingerprint density at radius 1 is 0.933 bits per heavy atom. The minimum Gasteiger partial charge on any atom is -0.342 e. The third kappa shape index (κ3) is 3.58. The van der Waals surface area contributed by atoms with Crippen LogP contribution in [-0.2, 0) is 22.6 Å². The summed E-state index contributed by atoms with van der Waals surface area (Å²) < 4.78 is 1.96. The number of imidazole rings is 1. The molecule has 0 bridgehead atoms. The fourth-order valence-corrected chi connectivity index (χ4v) is 5.24. The van der Waals surface area contributed by atoms with Gasteiger partial charge in [-0.2, -0.15) is 0 Å². The number of para-hydroxylation sites is 3. The van der Waals surface area contributed by atoms with Gasteiger partial charge in [-0.15, -0.1) is 0 Å². The molecular weight excluding hydrogens is 396 g/mol. The number of nitrogens with zero attached hydrogens (tertiary/aromatic N) is 4. The van der Waals surface area contributed by atoms with Crippen LogP contribution in [0.3, 0.4) is 0 Å². The summed E-state index contributed by atoms with van der Waals surface area (Å²) in [6, 6.07) is 15.9. The molecule has 1 saturated heterocycles. The number of hydrogen-bond donors (Lipinski definition) is 0. The number of likely N-dealkylation sites (tertiary alicyclic amines) is 1. The number of fused-ring (bicyclic) bond motifs is 2. The molecule has 7 heteroatoms. The molecule has 2 aromatic carbocycles.